The number of rotatable bonds is 14. The Labute approximate surface area is 357 Å². The summed E-state index contributed by atoms with van der Waals surface area (Å²) in [5.41, 5.74) is 8.80. The fourth-order valence-electron chi connectivity index (χ4n) is 7.48. The van der Waals surface area contributed by atoms with Crippen molar-refractivity contribution < 1.29 is 23.8 Å². The molecule has 0 aliphatic carbocycles. The Morgan fingerprint density at radius 3 is 0.933 bits per heavy atom. The third kappa shape index (κ3) is 10.8. The highest BCUT2D eigenvalue weighted by atomic mass is 31.2. The van der Waals surface area contributed by atoms with Crippen LogP contribution in [0.1, 0.15) is 97.2 Å². The summed E-state index contributed by atoms with van der Waals surface area (Å²) in [4.78, 5) is 0. The summed E-state index contributed by atoms with van der Waals surface area (Å²) >= 11 is 0. The predicted molar refractivity (Wildman–Crippen MR) is 246 cm³/mol. The van der Waals surface area contributed by atoms with Gasteiger partial charge >= 0.3 is 8.60 Å². The molecule has 0 bridgehead atoms. The van der Waals surface area contributed by atoms with Gasteiger partial charge in [-0.2, -0.15) is 0 Å². The van der Waals surface area contributed by atoms with Crippen molar-refractivity contribution in [1.29, 1.82) is 0 Å². The Bertz CT molecular complexity index is 2190. The Kier molecular flexibility index (Phi) is 13.0. The van der Waals surface area contributed by atoms with Gasteiger partial charge in [-0.1, -0.05) is 181 Å². The first kappa shape index (κ1) is 42.1. The van der Waals surface area contributed by atoms with Crippen molar-refractivity contribution in [3.63, 3.8) is 0 Å². The number of benzene rings is 7. The topological polar surface area (TPSA) is 68.2 Å². The minimum Gasteiger partial charge on any atom is -0.507 e. The molecule has 0 saturated carbocycles. The lowest BCUT2D eigenvalue weighted by Gasteiger charge is -2.30. The van der Waals surface area contributed by atoms with Crippen molar-refractivity contribution in [3.8, 4) is 28.7 Å². The monoisotopic (exact) mass is 814 g/mol. The molecule has 0 aromatic heterocycles. The smallest absolute Gasteiger partial charge is 0.507 e. The molecule has 0 heterocycles. The van der Waals surface area contributed by atoms with E-state index in [9.17, 15) is 10.2 Å². The summed E-state index contributed by atoms with van der Waals surface area (Å²) in [7, 11) is -2.19. The van der Waals surface area contributed by atoms with Gasteiger partial charge in [0.2, 0.25) is 0 Å². The lowest BCUT2D eigenvalue weighted by atomic mass is 9.80. The van der Waals surface area contributed by atoms with Crippen LogP contribution in [0.3, 0.4) is 0 Å². The van der Waals surface area contributed by atoms with E-state index in [1.807, 2.05) is 97.1 Å². The molecule has 0 fully saturated rings. The van der Waals surface area contributed by atoms with Gasteiger partial charge in [0.05, 0.1) is 0 Å². The lowest BCUT2D eigenvalue weighted by Crippen LogP contribution is -2.19. The van der Waals surface area contributed by atoms with Crippen LogP contribution in [0.4, 0.5) is 0 Å². The quantitative estimate of drug-likeness (QED) is 0.107. The zero-order valence-electron chi connectivity index (χ0n) is 35.5. The van der Waals surface area contributed by atoms with Crippen LogP contribution >= 0.6 is 8.60 Å². The largest absolute Gasteiger partial charge is 0.530 e. The molecule has 60 heavy (non-hydrogen) atoms. The average Bonchev–Trinajstić information content (AvgIpc) is 3.22. The highest BCUT2D eigenvalue weighted by Crippen LogP contribution is 2.50. The van der Waals surface area contributed by atoms with Crippen molar-refractivity contribution in [1.82, 2.24) is 0 Å². The molecule has 0 radical (unpaired) electrons. The number of para-hydroxylation sites is 1. The summed E-state index contributed by atoms with van der Waals surface area (Å²) in [5.74, 6) is 2.25. The minimum absolute atomic E-state index is 0.240. The van der Waals surface area contributed by atoms with Gasteiger partial charge in [0.1, 0.15) is 28.7 Å². The van der Waals surface area contributed by atoms with Crippen LogP contribution in [-0.2, 0) is 36.5 Å². The van der Waals surface area contributed by atoms with E-state index < -0.39 is 8.60 Å². The molecule has 5 nitrogen and oxygen atoms in total. The normalized spacial score (nSPS) is 11.7. The highest BCUT2D eigenvalue weighted by molar-refractivity contribution is 7.43. The van der Waals surface area contributed by atoms with E-state index in [0.29, 0.717) is 37.2 Å². The first-order chi connectivity index (χ1) is 28.8. The average molecular weight is 815 g/mol. The molecule has 0 saturated heterocycles. The number of hydrogen-bond acceptors (Lipinski definition) is 5. The van der Waals surface area contributed by atoms with E-state index in [1.54, 1.807) is 0 Å². The minimum atomic E-state index is -2.19. The number of phenolic OH excluding ortho intramolecular Hbond substituents is 2. The van der Waals surface area contributed by atoms with E-state index in [2.05, 4.69) is 108 Å². The molecular formula is C54H55O5P. The summed E-state index contributed by atoms with van der Waals surface area (Å²) in [6.45, 7) is 13.1. The molecule has 306 valence electrons. The van der Waals surface area contributed by atoms with E-state index in [4.69, 9.17) is 13.6 Å². The second kappa shape index (κ2) is 18.5. The van der Waals surface area contributed by atoms with Gasteiger partial charge in [-0.25, -0.2) is 0 Å². The van der Waals surface area contributed by atoms with E-state index >= 15 is 0 Å². The molecule has 0 aliphatic heterocycles. The van der Waals surface area contributed by atoms with Crippen LogP contribution in [-0.4, -0.2) is 10.2 Å². The maximum absolute atomic E-state index is 11.8. The van der Waals surface area contributed by atoms with Crippen molar-refractivity contribution in [2.24, 2.45) is 0 Å². The van der Waals surface area contributed by atoms with E-state index in [0.717, 1.165) is 61.4 Å². The predicted octanol–water partition coefficient (Wildman–Crippen LogP) is 13.8. The van der Waals surface area contributed by atoms with Crippen molar-refractivity contribution in [2.75, 3.05) is 0 Å². The molecule has 6 heteroatoms. The lowest BCUT2D eigenvalue weighted by molar-refractivity contribution is 0.374. The number of aromatic hydroxyl groups is 2. The highest BCUT2D eigenvalue weighted by Gasteiger charge is 2.32. The fraction of sp³-hybridized carbons (Fsp3) is 0.222. The summed E-state index contributed by atoms with van der Waals surface area (Å²) in [5, 5.41) is 23.6. The SMILES string of the molecule is CC(C)(C)c1cccc(C(C)(C)C)c1OP(Oc1cc(Cc2ccccc2)c(O)c(Cc2ccccc2)c1)Oc1cc(Cc2ccccc2)c(O)c(Cc2ccccc2)c1. The zero-order chi connectivity index (χ0) is 42.3. The van der Waals surface area contributed by atoms with Crippen molar-refractivity contribution in [2.45, 2.75) is 78.1 Å². The Morgan fingerprint density at radius 2 is 0.667 bits per heavy atom. The van der Waals surface area contributed by atoms with Crippen LogP contribution in [0, 0.1) is 0 Å². The van der Waals surface area contributed by atoms with Crippen LogP contribution in [0.25, 0.3) is 0 Å². The molecule has 7 rings (SSSR count). The number of phenols is 2. The maximum Gasteiger partial charge on any atom is 0.530 e. The van der Waals surface area contributed by atoms with E-state index in [-0.39, 0.29) is 22.3 Å². The molecule has 0 amide bonds. The maximum atomic E-state index is 11.8. The fourth-order valence-corrected chi connectivity index (χ4v) is 8.50. The van der Waals surface area contributed by atoms with Crippen LogP contribution in [0.5, 0.6) is 28.7 Å². The molecule has 0 unspecified atom stereocenters. The van der Waals surface area contributed by atoms with Gasteiger partial charge in [-0.05, 0) is 57.3 Å². The molecule has 2 N–H and O–H groups in total. The van der Waals surface area contributed by atoms with Gasteiger partial charge in [0.25, 0.3) is 0 Å². The third-order valence-electron chi connectivity index (χ3n) is 10.6. The standard InChI is InChI=1S/C54H55O5P/c1-53(2,3)48-28-19-29-49(54(4,5)6)52(48)59-60(57-46-34-42(30-38-20-11-7-12-21-38)50(55)43(35-46)31-39-22-13-8-14-23-39)58-47-36-44(32-40-24-15-9-16-25-40)51(56)45(37-47)33-41-26-17-10-18-27-41/h7-29,34-37,55-56H,30-33H2,1-6H3. The van der Waals surface area contributed by atoms with Gasteiger partial charge in [-0.15, -0.1) is 0 Å². The Hall–Kier alpha value is -6.03. The molecule has 7 aromatic carbocycles. The second-order valence-corrected chi connectivity index (χ2v) is 18.5. The molecule has 0 aliphatic rings. The van der Waals surface area contributed by atoms with Gasteiger partial charge in [0, 0.05) is 59.1 Å². The van der Waals surface area contributed by atoms with Gasteiger partial charge in [0.15, 0.2) is 0 Å². The van der Waals surface area contributed by atoms with E-state index in [1.165, 1.54) is 0 Å². The van der Waals surface area contributed by atoms with Crippen molar-refractivity contribution in [3.05, 3.63) is 219 Å². The summed E-state index contributed by atoms with van der Waals surface area (Å²) < 4.78 is 21.1. The molecule has 7 aromatic rings. The van der Waals surface area contributed by atoms with Gasteiger partial charge < -0.3 is 23.8 Å². The molecule has 0 atom stereocenters. The molecular weight excluding hydrogens is 760 g/mol. The van der Waals surface area contributed by atoms with Crippen LogP contribution < -0.4 is 13.6 Å². The molecule has 0 spiro atoms. The summed E-state index contributed by atoms with van der Waals surface area (Å²) in [6.07, 6.45) is 2.04. The number of hydrogen-bond donors (Lipinski definition) is 2. The Balaban J connectivity index is 1.36. The Morgan fingerprint density at radius 1 is 0.383 bits per heavy atom. The zero-order valence-corrected chi connectivity index (χ0v) is 36.4. The first-order valence-corrected chi connectivity index (χ1v) is 21.7. The summed E-state index contributed by atoms with van der Waals surface area (Å²) in [6, 6.07) is 54.4. The van der Waals surface area contributed by atoms with Crippen LogP contribution in [0.2, 0.25) is 0 Å². The van der Waals surface area contributed by atoms with Crippen LogP contribution in [0.15, 0.2) is 164 Å². The van der Waals surface area contributed by atoms with Gasteiger partial charge in [-0.3, -0.25) is 0 Å². The second-order valence-electron chi connectivity index (χ2n) is 17.5. The third-order valence-corrected chi connectivity index (χ3v) is 11.6. The van der Waals surface area contributed by atoms with Crippen molar-refractivity contribution >= 4 is 8.60 Å². The first-order valence-electron chi connectivity index (χ1n) is 20.6.